The van der Waals surface area contributed by atoms with Gasteiger partial charge in [-0.05, 0) is 6.92 Å². The van der Waals surface area contributed by atoms with Crippen molar-refractivity contribution in [2.75, 3.05) is 13.1 Å². The molecule has 3 nitrogen and oxygen atoms in total. The second-order valence-electron chi connectivity index (χ2n) is 2.49. The average molecular weight is 244 g/mol. The number of rotatable bonds is 2. The van der Waals surface area contributed by atoms with Gasteiger partial charge in [-0.1, -0.05) is 12.2 Å². The Labute approximate surface area is 78.8 Å². The Hall–Kier alpha value is -0.207. The van der Waals surface area contributed by atoms with Crippen molar-refractivity contribution >= 4 is 5.97 Å². The fraction of sp³-hybridized carbons (Fsp3) is 0.571. The first-order valence-corrected chi connectivity index (χ1v) is 3.32. The molecule has 0 aromatic carbocycles. The molecule has 1 heterocycles. The summed E-state index contributed by atoms with van der Waals surface area (Å²) in [5.41, 5.74) is 0. The quantitative estimate of drug-likeness (QED) is 0.562. The van der Waals surface area contributed by atoms with Gasteiger partial charge in [0.1, 0.15) is 0 Å². The third-order valence-electron chi connectivity index (χ3n) is 1.67. The zero-order valence-electron chi connectivity index (χ0n) is 6.28. The summed E-state index contributed by atoms with van der Waals surface area (Å²) < 4.78 is 0. The summed E-state index contributed by atoms with van der Waals surface area (Å²) in [5.74, 6) is -0.754. The van der Waals surface area contributed by atoms with Crippen molar-refractivity contribution in [3.8, 4) is 0 Å². The van der Waals surface area contributed by atoms with Gasteiger partial charge in [0.2, 0.25) is 0 Å². The van der Waals surface area contributed by atoms with Crippen molar-refractivity contribution in [3.63, 3.8) is 0 Å². The molecular weight excluding hydrogens is 233 g/mol. The summed E-state index contributed by atoms with van der Waals surface area (Å²) in [6, 6.07) is 0.288. The van der Waals surface area contributed by atoms with E-state index in [1.54, 1.807) is 0 Å². The molecule has 0 bridgehead atoms. The molecule has 1 atom stereocenters. The summed E-state index contributed by atoms with van der Waals surface area (Å²) in [6.45, 7) is 2.91. The Bertz CT molecular complexity index is 170. The average Bonchev–Trinajstić information content (AvgIpc) is 2.15. The number of hydrogen-bond acceptors (Lipinski definition) is 2. The van der Waals surface area contributed by atoms with Gasteiger partial charge in [0, 0.05) is 32.1 Å². The van der Waals surface area contributed by atoms with Gasteiger partial charge in [0.05, 0.1) is 6.54 Å². The van der Waals surface area contributed by atoms with Gasteiger partial charge in [0.25, 0.3) is 0 Å². The Morgan fingerprint density at radius 1 is 1.82 bits per heavy atom. The van der Waals surface area contributed by atoms with Crippen LogP contribution in [0.1, 0.15) is 6.92 Å². The number of nitrogens with zero attached hydrogens (tertiary/aromatic N) is 1. The third-order valence-corrected chi connectivity index (χ3v) is 1.67. The molecule has 4 heteroatoms. The summed E-state index contributed by atoms with van der Waals surface area (Å²) in [4.78, 5) is 12.1. The van der Waals surface area contributed by atoms with Crippen LogP contribution in [-0.2, 0) is 24.3 Å². The van der Waals surface area contributed by atoms with Gasteiger partial charge in [-0.25, -0.2) is 0 Å². The second-order valence-corrected chi connectivity index (χ2v) is 2.49. The molecule has 0 fully saturated rings. The first-order chi connectivity index (χ1) is 4.70. The fourth-order valence-electron chi connectivity index (χ4n) is 1.06. The first-order valence-electron chi connectivity index (χ1n) is 3.32. The van der Waals surface area contributed by atoms with E-state index in [0.717, 1.165) is 6.54 Å². The standard InChI is InChI=1S/C7H11NO2.Rh/c1-6-3-2-4-8(6)5-7(9)10;/h2-3,6H,4-5H2,1H3,(H,9,10);. The minimum Gasteiger partial charge on any atom is -0.480 e. The summed E-state index contributed by atoms with van der Waals surface area (Å²) in [6.07, 6.45) is 4.01. The van der Waals surface area contributed by atoms with E-state index < -0.39 is 5.97 Å². The molecule has 1 aliphatic heterocycles. The topological polar surface area (TPSA) is 40.5 Å². The molecule has 0 spiro atoms. The van der Waals surface area contributed by atoms with E-state index in [-0.39, 0.29) is 32.1 Å². The van der Waals surface area contributed by atoms with Crippen molar-refractivity contribution in [2.24, 2.45) is 0 Å². The summed E-state index contributed by atoms with van der Waals surface area (Å²) in [7, 11) is 0. The number of carbonyl (C=O) groups is 1. The van der Waals surface area contributed by atoms with Gasteiger partial charge in [0.15, 0.2) is 0 Å². The van der Waals surface area contributed by atoms with Crippen LogP contribution >= 0.6 is 0 Å². The van der Waals surface area contributed by atoms with Crippen molar-refractivity contribution < 1.29 is 29.4 Å². The van der Waals surface area contributed by atoms with Crippen LogP contribution < -0.4 is 0 Å². The Kier molecular flexibility index (Phi) is 4.54. The van der Waals surface area contributed by atoms with E-state index in [1.165, 1.54) is 0 Å². The number of aliphatic carboxylic acids is 1. The number of hydrogen-bond donors (Lipinski definition) is 1. The Morgan fingerprint density at radius 3 is 2.82 bits per heavy atom. The number of carboxylic acid groups (broad SMARTS) is 1. The Morgan fingerprint density at radius 2 is 2.45 bits per heavy atom. The van der Waals surface area contributed by atoms with Crippen molar-refractivity contribution in [3.05, 3.63) is 12.2 Å². The van der Waals surface area contributed by atoms with Crippen molar-refractivity contribution in [1.82, 2.24) is 4.90 Å². The zero-order chi connectivity index (χ0) is 7.56. The van der Waals surface area contributed by atoms with Crippen LogP contribution in [0.3, 0.4) is 0 Å². The van der Waals surface area contributed by atoms with Gasteiger partial charge in [-0.15, -0.1) is 0 Å². The van der Waals surface area contributed by atoms with Gasteiger partial charge in [-0.3, -0.25) is 9.69 Å². The molecular formula is C7H11NO2Rh. The molecule has 1 rings (SSSR count). The minimum absolute atomic E-state index is 0. The van der Waals surface area contributed by atoms with Crippen LogP contribution in [0.2, 0.25) is 0 Å². The molecule has 0 aliphatic carbocycles. The molecule has 1 aliphatic rings. The smallest absolute Gasteiger partial charge is 0.317 e. The maximum atomic E-state index is 10.2. The van der Waals surface area contributed by atoms with Crippen molar-refractivity contribution in [1.29, 1.82) is 0 Å². The van der Waals surface area contributed by atoms with Gasteiger partial charge >= 0.3 is 5.97 Å². The summed E-state index contributed by atoms with van der Waals surface area (Å²) >= 11 is 0. The predicted molar refractivity (Wildman–Crippen MR) is 37.8 cm³/mol. The molecule has 1 N–H and O–H groups in total. The largest absolute Gasteiger partial charge is 0.480 e. The van der Waals surface area contributed by atoms with Crippen LogP contribution in [0.15, 0.2) is 12.2 Å². The molecule has 1 radical (unpaired) electrons. The van der Waals surface area contributed by atoms with Gasteiger partial charge in [-0.2, -0.15) is 0 Å². The molecule has 1 unspecified atom stereocenters. The minimum atomic E-state index is -0.754. The predicted octanol–water partition coefficient (Wildman–Crippen LogP) is 0.329. The molecule has 0 saturated carbocycles. The normalized spacial score (nSPS) is 23.2. The zero-order valence-corrected chi connectivity index (χ0v) is 7.92. The molecule has 0 aromatic heterocycles. The monoisotopic (exact) mass is 244 g/mol. The third kappa shape index (κ3) is 3.13. The SMILES string of the molecule is CC1C=CCN1CC(=O)O.[Rh]. The van der Waals surface area contributed by atoms with E-state index in [0.29, 0.717) is 0 Å². The number of carboxylic acids is 1. The van der Waals surface area contributed by atoms with E-state index in [9.17, 15) is 4.79 Å². The maximum Gasteiger partial charge on any atom is 0.317 e. The van der Waals surface area contributed by atoms with E-state index in [4.69, 9.17) is 5.11 Å². The fourth-order valence-corrected chi connectivity index (χ4v) is 1.06. The maximum absolute atomic E-state index is 10.2. The van der Waals surface area contributed by atoms with Crippen molar-refractivity contribution in [2.45, 2.75) is 13.0 Å². The molecule has 0 amide bonds. The van der Waals surface area contributed by atoms with Gasteiger partial charge < -0.3 is 5.11 Å². The van der Waals surface area contributed by atoms with E-state index >= 15 is 0 Å². The van der Waals surface area contributed by atoms with Crippen LogP contribution in [0.5, 0.6) is 0 Å². The second kappa shape index (κ2) is 4.63. The molecule has 11 heavy (non-hydrogen) atoms. The van der Waals surface area contributed by atoms with Crippen LogP contribution in [0.25, 0.3) is 0 Å². The van der Waals surface area contributed by atoms with E-state index in [1.807, 2.05) is 24.0 Å². The van der Waals surface area contributed by atoms with Crippen LogP contribution in [0, 0.1) is 0 Å². The van der Waals surface area contributed by atoms with E-state index in [2.05, 4.69) is 0 Å². The summed E-state index contributed by atoms with van der Waals surface area (Å²) in [5, 5.41) is 8.42. The molecule has 0 saturated heterocycles. The van der Waals surface area contributed by atoms with Crippen LogP contribution in [0.4, 0.5) is 0 Å². The Balaban J connectivity index is 0.000001000. The molecule has 65 valence electrons. The van der Waals surface area contributed by atoms with Crippen LogP contribution in [-0.4, -0.2) is 35.1 Å². The molecule has 0 aromatic rings. The first kappa shape index (κ1) is 10.8.